The Hall–Kier alpha value is -1.93. The molecular formula is C24H35N3O4. The zero-order valence-electron chi connectivity index (χ0n) is 18.7. The van der Waals surface area contributed by atoms with Crippen LogP contribution < -0.4 is 4.90 Å². The Morgan fingerprint density at radius 1 is 1.19 bits per heavy atom. The number of anilines is 1. The minimum Gasteiger partial charge on any atom is -0.389 e. The Labute approximate surface area is 184 Å². The predicted molar refractivity (Wildman–Crippen MR) is 120 cm³/mol. The first kappa shape index (κ1) is 22.3. The molecule has 0 bridgehead atoms. The largest absolute Gasteiger partial charge is 0.389 e. The molecule has 0 spiro atoms. The van der Waals surface area contributed by atoms with Gasteiger partial charge in [-0.15, -0.1) is 0 Å². The molecule has 2 aromatic rings. The van der Waals surface area contributed by atoms with Gasteiger partial charge in [0, 0.05) is 38.3 Å². The van der Waals surface area contributed by atoms with Crippen LogP contribution in [0.4, 0.5) is 5.88 Å². The van der Waals surface area contributed by atoms with Crippen LogP contribution in [-0.2, 0) is 16.0 Å². The van der Waals surface area contributed by atoms with E-state index in [0.29, 0.717) is 38.8 Å². The van der Waals surface area contributed by atoms with Crippen molar-refractivity contribution in [3.8, 4) is 11.3 Å². The van der Waals surface area contributed by atoms with Gasteiger partial charge in [0.15, 0.2) is 0 Å². The molecular weight excluding hydrogens is 394 g/mol. The van der Waals surface area contributed by atoms with Gasteiger partial charge < -0.3 is 24.0 Å². The Balaban J connectivity index is 1.57. The van der Waals surface area contributed by atoms with Gasteiger partial charge in [-0.3, -0.25) is 4.90 Å². The molecule has 2 heterocycles. The number of aromatic nitrogens is 1. The van der Waals surface area contributed by atoms with Gasteiger partial charge in [0.2, 0.25) is 5.88 Å². The molecule has 7 nitrogen and oxygen atoms in total. The van der Waals surface area contributed by atoms with Crippen molar-refractivity contribution in [1.29, 1.82) is 0 Å². The minimum atomic E-state index is -0.520. The number of aliphatic hydroxyl groups excluding tert-OH is 1. The van der Waals surface area contributed by atoms with Crippen LogP contribution in [0.5, 0.6) is 0 Å². The van der Waals surface area contributed by atoms with Gasteiger partial charge in [-0.1, -0.05) is 35.5 Å². The van der Waals surface area contributed by atoms with Crippen molar-refractivity contribution >= 4 is 5.88 Å². The average molecular weight is 430 g/mol. The highest BCUT2D eigenvalue weighted by atomic mass is 16.5. The van der Waals surface area contributed by atoms with E-state index < -0.39 is 6.10 Å². The normalized spacial score (nSPS) is 18.2. The summed E-state index contributed by atoms with van der Waals surface area (Å²) in [6, 6.07) is 10.2. The Kier molecular flexibility index (Phi) is 7.61. The molecule has 1 aromatic carbocycles. The van der Waals surface area contributed by atoms with Crippen LogP contribution >= 0.6 is 0 Å². The topological polar surface area (TPSA) is 71.2 Å². The maximum atomic E-state index is 10.6. The fraction of sp³-hybridized carbons (Fsp3) is 0.625. The van der Waals surface area contributed by atoms with E-state index in [9.17, 15) is 5.11 Å². The second-order valence-electron chi connectivity index (χ2n) is 8.95. The third-order valence-corrected chi connectivity index (χ3v) is 5.80. The summed E-state index contributed by atoms with van der Waals surface area (Å²) in [7, 11) is 0. The Morgan fingerprint density at radius 2 is 1.94 bits per heavy atom. The van der Waals surface area contributed by atoms with Crippen molar-refractivity contribution in [3.63, 3.8) is 0 Å². The van der Waals surface area contributed by atoms with E-state index in [1.54, 1.807) is 0 Å². The molecule has 2 fully saturated rings. The number of rotatable bonds is 11. The van der Waals surface area contributed by atoms with E-state index in [2.05, 4.69) is 27.1 Å². The fourth-order valence-corrected chi connectivity index (χ4v) is 4.03. The van der Waals surface area contributed by atoms with Gasteiger partial charge in [-0.05, 0) is 32.6 Å². The maximum absolute atomic E-state index is 10.6. The first-order valence-electron chi connectivity index (χ1n) is 11.5. The van der Waals surface area contributed by atoms with Crippen LogP contribution in [0.3, 0.4) is 0 Å². The number of morpholine rings is 1. The van der Waals surface area contributed by atoms with Gasteiger partial charge in [-0.2, -0.15) is 0 Å². The fourth-order valence-electron chi connectivity index (χ4n) is 4.03. The molecule has 1 aliphatic heterocycles. The van der Waals surface area contributed by atoms with E-state index >= 15 is 0 Å². The molecule has 0 amide bonds. The summed E-state index contributed by atoms with van der Waals surface area (Å²) in [4.78, 5) is 4.57. The van der Waals surface area contributed by atoms with Crippen molar-refractivity contribution in [2.75, 3.05) is 50.9 Å². The monoisotopic (exact) mass is 429 g/mol. The maximum Gasteiger partial charge on any atom is 0.232 e. The van der Waals surface area contributed by atoms with Crippen LogP contribution in [0.2, 0.25) is 0 Å². The van der Waals surface area contributed by atoms with E-state index in [0.717, 1.165) is 42.3 Å². The first-order chi connectivity index (χ1) is 15.1. The Bertz CT molecular complexity index is 800. The lowest BCUT2D eigenvalue weighted by atomic mass is 10.1. The molecule has 1 N–H and O–H groups in total. The zero-order chi connectivity index (χ0) is 21.6. The second-order valence-corrected chi connectivity index (χ2v) is 8.95. The van der Waals surface area contributed by atoms with Crippen molar-refractivity contribution in [2.24, 2.45) is 5.92 Å². The molecule has 1 saturated carbocycles. The number of hydrogen-bond acceptors (Lipinski definition) is 7. The van der Waals surface area contributed by atoms with Crippen molar-refractivity contribution in [3.05, 3.63) is 35.9 Å². The highest BCUT2D eigenvalue weighted by molar-refractivity contribution is 5.68. The zero-order valence-corrected chi connectivity index (χ0v) is 18.7. The lowest BCUT2D eigenvalue weighted by molar-refractivity contribution is -0.0101. The smallest absolute Gasteiger partial charge is 0.232 e. The molecule has 0 unspecified atom stereocenters. The number of ether oxygens (including phenoxy) is 2. The first-order valence-corrected chi connectivity index (χ1v) is 11.5. The molecule has 1 aromatic heterocycles. The third kappa shape index (κ3) is 6.29. The van der Waals surface area contributed by atoms with E-state index in [4.69, 9.17) is 14.0 Å². The van der Waals surface area contributed by atoms with E-state index in [-0.39, 0.29) is 6.10 Å². The summed E-state index contributed by atoms with van der Waals surface area (Å²) in [5.41, 5.74) is 3.03. The molecule has 1 saturated heterocycles. The van der Waals surface area contributed by atoms with E-state index in [1.165, 1.54) is 12.8 Å². The van der Waals surface area contributed by atoms with Crippen molar-refractivity contribution in [1.82, 2.24) is 10.1 Å². The number of hydrogen-bond donors (Lipinski definition) is 1. The van der Waals surface area contributed by atoms with Crippen LogP contribution in [0.25, 0.3) is 11.3 Å². The van der Waals surface area contributed by atoms with Crippen LogP contribution in [-0.4, -0.2) is 73.4 Å². The number of nitrogens with zero attached hydrogens (tertiary/aromatic N) is 3. The minimum absolute atomic E-state index is 0.113. The summed E-state index contributed by atoms with van der Waals surface area (Å²) in [5.74, 6) is 1.54. The summed E-state index contributed by atoms with van der Waals surface area (Å²) < 4.78 is 17.1. The number of benzene rings is 1. The summed E-state index contributed by atoms with van der Waals surface area (Å²) >= 11 is 0. The highest BCUT2D eigenvalue weighted by Crippen LogP contribution is 2.35. The molecule has 170 valence electrons. The van der Waals surface area contributed by atoms with Crippen LogP contribution in [0, 0.1) is 5.92 Å². The predicted octanol–water partition coefficient (Wildman–Crippen LogP) is 3.18. The Morgan fingerprint density at radius 3 is 2.61 bits per heavy atom. The third-order valence-electron chi connectivity index (χ3n) is 5.80. The molecule has 2 aliphatic rings. The van der Waals surface area contributed by atoms with Crippen molar-refractivity contribution < 1.29 is 19.1 Å². The highest BCUT2D eigenvalue weighted by Gasteiger charge is 2.30. The van der Waals surface area contributed by atoms with Gasteiger partial charge in [-0.25, -0.2) is 0 Å². The molecule has 0 radical (unpaired) electrons. The van der Waals surface area contributed by atoms with Gasteiger partial charge >= 0.3 is 0 Å². The number of aliphatic hydroxyl groups is 1. The quantitative estimate of drug-likeness (QED) is 0.588. The van der Waals surface area contributed by atoms with Crippen LogP contribution in [0.1, 0.15) is 32.3 Å². The molecule has 1 aliphatic carbocycles. The average Bonchev–Trinajstić information content (AvgIpc) is 3.50. The second kappa shape index (κ2) is 10.6. The van der Waals surface area contributed by atoms with E-state index in [1.807, 2.05) is 32.0 Å². The van der Waals surface area contributed by atoms with Gasteiger partial charge in [0.05, 0.1) is 37.6 Å². The molecule has 31 heavy (non-hydrogen) atoms. The molecule has 1 atom stereocenters. The molecule has 4 rings (SSSR count). The lowest BCUT2D eigenvalue weighted by Gasteiger charge is -2.29. The molecule has 7 heteroatoms. The summed E-state index contributed by atoms with van der Waals surface area (Å²) in [5, 5.41) is 15.1. The lowest BCUT2D eigenvalue weighted by Crippen LogP contribution is -2.38. The van der Waals surface area contributed by atoms with Gasteiger partial charge in [0.25, 0.3) is 0 Å². The standard InChI is InChI=1S/C24H35N3O4/c1-18(2)30-17-21(28)15-26(14-19-8-9-19)16-22-23(20-6-4-3-5-7-20)25-31-24(22)27-10-12-29-13-11-27/h3-7,18-19,21,28H,8-17H2,1-2H3/t21-/m1/s1. The summed E-state index contributed by atoms with van der Waals surface area (Å²) in [6.07, 6.45) is 2.12. The SMILES string of the molecule is CC(C)OC[C@H](O)CN(Cc1c(-c2ccccc2)noc1N1CCOCC1)CC1CC1. The van der Waals surface area contributed by atoms with Crippen LogP contribution in [0.15, 0.2) is 34.9 Å². The van der Waals surface area contributed by atoms with Gasteiger partial charge in [0.1, 0.15) is 5.69 Å². The summed E-state index contributed by atoms with van der Waals surface area (Å²) in [6.45, 7) is 9.55. The van der Waals surface area contributed by atoms with Crippen molar-refractivity contribution in [2.45, 2.75) is 45.4 Å².